The first-order chi connectivity index (χ1) is 14.0. The molecule has 0 N–H and O–H groups in total. The van der Waals surface area contributed by atoms with Crippen molar-refractivity contribution in [2.75, 3.05) is 38.0 Å². The lowest BCUT2D eigenvalue weighted by Crippen LogP contribution is -2.51. The zero-order chi connectivity index (χ0) is 20.6. The average molecular weight is 416 g/mol. The minimum absolute atomic E-state index is 0.0828. The molecule has 29 heavy (non-hydrogen) atoms. The second kappa shape index (κ2) is 7.68. The molecule has 1 spiro atoms. The molecule has 0 saturated carbocycles. The number of rotatable bonds is 5. The first-order valence-electron chi connectivity index (χ1n) is 9.20. The Hall–Kier alpha value is -2.58. The fourth-order valence-corrected chi connectivity index (χ4v) is 5.40. The molecule has 152 valence electrons. The van der Waals surface area contributed by atoms with E-state index < -0.39 is 4.87 Å². The molecule has 0 bridgehead atoms. The maximum absolute atomic E-state index is 14.3. The third kappa shape index (κ3) is 3.07. The van der Waals surface area contributed by atoms with Crippen LogP contribution in [0.1, 0.15) is 11.1 Å². The van der Waals surface area contributed by atoms with Crippen LogP contribution in [0.3, 0.4) is 0 Å². The molecule has 2 aliphatic heterocycles. The van der Waals surface area contributed by atoms with E-state index in [-0.39, 0.29) is 30.8 Å². The highest BCUT2D eigenvalue weighted by molar-refractivity contribution is 8.01. The number of hydrogen-bond acceptors (Lipinski definition) is 5. The van der Waals surface area contributed by atoms with Gasteiger partial charge in [-0.05, 0) is 24.3 Å². The van der Waals surface area contributed by atoms with Crippen LogP contribution in [-0.4, -0.2) is 49.8 Å². The molecular formula is C21H21FN2O4S. The summed E-state index contributed by atoms with van der Waals surface area (Å²) in [5.74, 6) is 0.326. The minimum atomic E-state index is -1.19. The lowest BCUT2D eigenvalue weighted by molar-refractivity contribution is -0.143. The summed E-state index contributed by atoms with van der Waals surface area (Å²) in [6.07, 6.45) is 0. The van der Waals surface area contributed by atoms with E-state index in [4.69, 9.17) is 9.47 Å². The summed E-state index contributed by atoms with van der Waals surface area (Å²) < 4.78 is 24.7. The molecular weight excluding hydrogens is 395 g/mol. The normalized spacial score (nSPS) is 20.4. The van der Waals surface area contributed by atoms with Gasteiger partial charge in [-0.1, -0.05) is 18.2 Å². The van der Waals surface area contributed by atoms with E-state index in [1.165, 1.54) is 24.9 Å². The number of nitrogens with zero attached hydrogens (tertiary/aromatic N) is 2. The van der Waals surface area contributed by atoms with Gasteiger partial charge in [0.1, 0.15) is 18.2 Å². The number of amides is 2. The average Bonchev–Trinajstić information content (AvgIpc) is 3.27. The van der Waals surface area contributed by atoms with Crippen molar-refractivity contribution in [3.05, 3.63) is 59.4 Å². The van der Waals surface area contributed by atoms with Crippen molar-refractivity contribution in [2.45, 2.75) is 11.4 Å². The number of thioether (sulfide) groups is 1. The zero-order valence-corrected chi connectivity index (χ0v) is 17.0. The summed E-state index contributed by atoms with van der Waals surface area (Å²) in [6.45, 7) is 0.407. The number of fused-ring (bicyclic) bond motifs is 2. The summed E-state index contributed by atoms with van der Waals surface area (Å²) >= 11 is 1.41. The molecule has 0 aromatic heterocycles. The number of methoxy groups -OCH3 is 2. The van der Waals surface area contributed by atoms with Gasteiger partial charge in [0.05, 0.1) is 19.3 Å². The number of halogens is 1. The van der Waals surface area contributed by atoms with Crippen LogP contribution in [0.2, 0.25) is 0 Å². The predicted octanol–water partition coefficient (Wildman–Crippen LogP) is 2.76. The molecule has 1 saturated heterocycles. The number of hydrogen-bond donors (Lipinski definition) is 0. The topological polar surface area (TPSA) is 59.1 Å². The molecule has 1 fully saturated rings. The van der Waals surface area contributed by atoms with Crippen LogP contribution in [0.15, 0.2) is 42.5 Å². The van der Waals surface area contributed by atoms with Crippen LogP contribution >= 0.6 is 11.8 Å². The molecule has 2 aromatic carbocycles. The maximum atomic E-state index is 14.3. The monoisotopic (exact) mass is 416 g/mol. The summed E-state index contributed by atoms with van der Waals surface area (Å²) in [4.78, 5) is 28.4. The summed E-state index contributed by atoms with van der Waals surface area (Å²) in [5.41, 5.74) is 1.76. The Morgan fingerprint density at radius 3 is 2.76 bits per heavy atom. The number of carbonyl (C=O) groups is 2. The maximum Gasteiger partial charge on any atom is 0.268 e. The van der Waals surface area contributed by atoms with Gasteiger partial charge in [-0.15, -0.1) is 11.8 Å². The van der Waals surface area contributed by atoms with E-state index >= 15 is 0 Å². The Kier molecular flexibility index (Phi) is 5.23. The predicted molar refractivity (Wildman–Crippen MR) is 108 cm³/mol. The van der Waals surface area contributed by atoms with Crippen molar-refractivity contribution in [3.8, 4) is 5.75 Å². The van der Waals surface area contributed by atoms with Crippen LogP contribution in [0.25, 0.3) is 0 Å². The minimum Gasteiger partial charge on any atom is -0.497 e. The van der Waals surface area contributed by atoms with E-state index in [0.29, 0.717) is 34.9 Å². The Bertz CT molecular complexity index is 969. The van der Waals surface area contributed by atoms with E-state index in [0.717, 1.165) is 0 Å². The molecule has 0 radical (unpaired) electrons. The van der Waals surface area contributed by atoms with Gasteiger partial charge in [0.2, 0.25) is 5.91 Å². The van der Waals surface area contributed by atoms with Gasteiger partial charge >= 0.3 is 0 Å². The number of benzene rings is 2. The quantitative estimate of drug-likeness (QED) is 0.750. The molecule has 2 aliphatic rings. The van der Waals surface area contributed by atoms with Gasteiger partial charge < -0.3 is 19.3 Å². The third-order valence-corrected chi connectivity index (χ3v) is 6.68. The fraction of sp³-hybridized carbons (Fsp3) is 0.333. The molecule has 0 aliphatic carbocycles. The van der Waals surface area contributed by atoms with Crippen LogP contribution < -0.4 is 9.64 Å². The zero-order valence-electron chi connectivity index (χ0n) is 16.2. The summed E-state index contributed by atoms with van der Waals surface area (Å²) in [5, 5.41) is 0. The Morgan fingerprint density at radius 1 is 1.24 bits per heavy atom. The van der Waals surface area contributed by atoms with Crippen molar-refractivity contribution < 1.29 is 23.5 Å². The van der Waals surface area contributed by atoms with Crippen molar-refractivity contribution >= 4 is 29.3 Å². The number of ether oxygens (including phenoxy) is 2. The highest BCUT2D eigenvalue weighted by atomic mass is 32.2. The largest absolute Gasteiger partial charge is 0.497 e. The third-order valence-electron chi connectivity index (χ3n) is 5.26. The van der Waals surface area contributed by atoms with Crippen LogP contribution in [0, 0.1) is 5.82 Å². The second-order valence-electron chi connectivity index (χ2n) is 6.84. The molecule has 2 aromatic rings. The van der Waals surface area contributed by atoms with E-state index in [1.54, 1.807) is 53.3 Å². The van der Waals surface area contributed by atoms with Crippen molar-refractivity contribution in [1.29, 1.82) is 0 Å². The summed E-state index contributed by atoms with van der Waals surface area (Å²) in [7, 11) is 3.00. The molecule has 8 heteroatoms. The SMILES string of the molecule is COCC(=O)N1CCS[C@@]12C(=O)N(Cc1ccccc1F)c1ccc(OC)cc12. The van der Waals surface area contributed by atoms with Crippen molar-refractivity contribution in [1.82, 2.24) is 4.90 Å². The summed E-state index contributed by atoms with van der Waals surface area (Å²) in [6, 6.07) is 11.7. The lowest BCUT2D eigenvalue weighted by atomic mass is 10.1. The van der Waals surface area contributed by atoms with Gasteiger partial charge in [-0.25, -0.2) is 4.39 Å². The first kappa shape index (κ1) is 19.7. The lowest BCUT2D eigenvalue weighted by Gasteiger charge is -2.33. The smallest absolute Gasteiger partial charge is 0.268 e. The molecule has 0 unspecified atom stereocenters. The van der Waals surface area contributed by atoms with Crippen molar-refractivity contribution in [3.63, 3.8) is 0 Å². The first-order valence-corrected chi connectivity index (χ1v) is 10.2. The van der Waals surface area contributed by atoms with Gasteiger partial charge in [-0.2, -0.15) is 0 Å². The molecule has 1 atom stereocenters. The van der Waals surface area contributed by atoms with Crippen LogP contribution in [-0.2, 0) is 25.7 Å². The van der Waals surface area contributed by atoms with Crippen molar-refractivity contribution in [2.24, 2.45) is 0 Å². The van der Waals surface area contributed by atoms with Crippen LogP contribution in [0.4, 0.5) is 10.1 Å². The van der Waals surface area contributed by atoms with Gasteiger partial charge in [0.25, 0.3) is 5.91 Å². The Morgan fingerprint density at radius 2 is 2.03 bits per heavy atom. The number of anilines is 1. The highest BCUT2D eigenvalue weighted by Crippen LogP contribution is 2.55. The standard InChI is InChI=1S/C21H21FN2O4S/c1-27-13-19(25)24-9-10-29-21(24)16-11-15(28-2)7-8-18(16)23(20(21)26)12-14-5-3-4-6-17(14)22/h3-8,11H,9-10,12-13H2,1-2H3/t21-/m0/s1. The molecule has 4 rings (SSSR count). The van der Waals surface area contributed by atoms with Gasteiger partial charge in [-0.3, -0.25) is 9.59 Å². The van der Waals surface area contributed by atoms with E-state index in [1.807, 2.05) is 0 Å². The van der Waals surface area contributed by atoms with Gasteiger partial charge in [0, 0.05) is 30.5 Å². The van der Waals surface area contributed by atoms with E-state index in [2.05, 4.69) is 0 Å². The van der Waals surface area contributed by atoms with Crippen LogP contribution in [0.5, 0.6) is 5.75 Å². The molecule has 6 nitrogen and oxygen atoms in total. The molecule has 2 amide bonds. The van der Waals surface area contributed by atoms with E-state index in [9.17, 15) is 14.0 Å². The second-order valence-corrected chi connectivity index (χ2v) is 8.12. The Balaban J connectivity index is 1.82. The fourth-order valence-electron chi connectivity index (χ4n) is 3.93. The Labute approximate surface area is 172 Å². The number of carbonyl (C=O) groups excluding carboxylic acids is 2. The molecule has 2 heterocycles. The van der Waals surface area contributed by atoms with Gasteiger partial charge in [0.15, 0.2) is 4.87 Å². The highest BCUT2D eigenvalue weighted by Gasteiger charge is 2.59.